The van der Waals surface area contributed by atoms with Crippen molar-refractivity contribution in [1.29, 1.82) is 0 Å². The molecular formula is C12H11FN2OS. The van der Waals surface area contributed by atoms with E-state index in [0.29, 0.717) is 5.13 Å². The lowest BCUT2D eigenvalue weighted by Crippen LogP contribution is -2.13. The third kappa shape index (κ3) is 2.68. The quantitative estimate of drug-likeness (QED) is 0.889. The number of anilines is 1. The second-order valence-electron chi connectivity index (χ2n) is 3.73. The molecule has 1 aromatic heterocycles. The number of amides is 1. The average Bonchev–Trinajstić information content (AvgIpc) is 2.67. The molecule has 1 N–H and O–H groups in total. The molecule has 0 unspecified atom stereocenters. The first kappa shape index (κ1) is 11.7. The van der Waals surface area contributed by atoms with Crippen molar-refractivity contribution in [1.82, 2.24) is 4.98 Å². The number of carbonyl (C=O) groups is 1. The molecule has 0 aliphatic heterocycles. The van der Waals surface area contributed by atoms with Crippen molar-refractivity contribution in [3.8, 4) is 0 Å². The number of benzene rings is 1. The third-order valence-corrected chi connectivity index (χ3v) is 3.08. The lowest BCUT2D eigenvalue weighted by Gasteiger charge is -2.04. The number of nitrogens with one attached hydrogen (secondary N) is 1. The number of hydrogen-bond donors (Lipinski definition) is 1. The number of aromatic nitrogens is 1. The van der Waals surface area contributed by atoms with Crippen LogP contribution >= 0.6 is 11.3 Å². The van der Waals surface area contributed by atoms with Crippen LogP contribution in [0, 0.1) is 19.7 Å². The second kappa shape index (κ2) is 4.63. The SMILES string of the molecule is Cc1ccc(F)c(C(=O)Nc2nc(C)cs2)c1. The molecule has 0 radical (unpaired) electrons. The number of rotatable bonds is 2. The Morgan fingerprint density at radius 3 is 2.82 bits per heavy atom. The number of hydrogen-bond acceptors (Lipinski definition) is 3. The molecule has 2 rings (SSSR count). The molecule has 0 fully saturated rings. The van der Waals surface area contributed by atoms with Crippen molar-refractivity contribution >= 4 is 22.4 Å². The zero-order chi connectivity index (χ0) is 12.4. The molecule has 3 nitrogen and oxygen atoms in total. The summed E-state index contributed by atoms with van der Waals surface area (Å²) in [5.41, 5.74) is 1.71. The fraction of sp³-hybridized carbons (Fsp3) is 0.167. The molecule has 2 aromatic rings. The summed E-state index contributed by atoms with van der Waals surface area (Å²) in [7, 11) is 0. The van der Waals surface area contributed by atoms with Gasteiger partial charge in [0.25, 0.3) is 5.91 Å². The van der Waals surface area contributed by atoms with Crippen LogP contribution in [0.1, 0.15) is 21.6 Å². The van der Waals surface area contributed by atoms with Crippen LogP contribution in [0.4, 0.5) is 9.52 Å². The van der Waals surface area contributed by atoms with Crippen LogP contribution in [-0.4, -0.2) is 10.9 Å². The van der Waals surface area contributed by atoms with E-state index in [4.69, 9.17) is 0 Å². The van der Waals surface area contributed by atoms with Crippen molar-refractivity contribution in [2.75, 3.05) is 5.32 Å². The topological polar surface area (TPSA) is 42.0 Å². The zero-order valence-corrected chi connectivity index (χ0v) is 10.3. The normalized spacial score (nSPS) is 10.3. The predicted octanol–water partition coefficient (Wildman–Crippen LogP) is 3.15. The van der Waals surface area contributed by atoms with Crippen molar-refractivity contribution < 1.29 is 9.18 Å². The van der Waals surface area contributed by atoms with E-state index in [1.807, 2.05) is 19.2 Å². The van der Waals surface area contributed by atoms with Crippen molar-refractivity contribution in [3.63, 3.8) is 0 Å². The molecular weight excluding hydrogens is 239 g/mol. The Morgan fingerprint density at radius 1 is 1.41 bits per heavy atom. The summed E-state index contributed by atoms with van der Waals surface area (Å²) in [4.78, 5) is 15.9. The Morgan fingerprint density at radius 2 is 2.18 bits per heavy atom. The molecule has 0 atom stereocenters. The molecule has 0 aliphatic carbocycles. The number of thiazole rings is 1. The number of carbonyl (C=O) groups excluding carboxylic acids is 1. The minimum atomic E-state index is -0.527. The molecule has 0 aliphatic rings. The van der Waals surface area contributed by atoms with Gasteiger partial charge in [0.05, 0.1) is 11.3 Å². The maximum atomic E-state index is 13.5. The fourth-order valence-corrected chi connectivity index (χ4v) is 2.07. The van der Waals surface area contributed by atoms with Gasteiger partial charge < -0.3 is 0 Å². The van der Waals surface area contributed by atoms with Gasteiger partial charge in [0.2, 0.25) is 0 Å². The van der Waals surface area contributed by atoms with E-state index in [-0.39, 0.29) is 5.56 Å². The maximum Gasteiger partial charge on any atom is 0.260 e. The van der Waals surface area contributed by atoms with E-state index in [1.165, 1.54) is 23.5 Å². The lowest BCUT2D eigenvalue weighted by atomic mass is 10.1. The van der Waals surface area contributed by atoms with Crippen LogP contribution in [0.5, 0.6) is 0 Å². The fourth-order valence-electron chi connectivity index (χ4n) is 1.39. The van der Waals surface area contributed by atoms with Gasteiger partial charge in [-0.3, -0.25) is 10.1 Å². The van der Waals surface area contributed by atoms with E-state index in [0.717, 1.165) is 11.3 Å². The van der Waals surface area contributed by atoms with Crippen molar-refractivity contribution in [2.45, 2.75) is 13.8 Å². The average molecular weight is 250 g/mol. The van der Waals surface area contributed by atoms with Gasteiger partial charge in [-0.1, -0.05) is 11.6 Å². The number of halogens is 1. The Balaban J connectivity index is 2.22. The number of aryl methyl sites for hydroxylation is 2. The summed E-state index contributed by atoms with van der Waals surface area (Å²) >= 11 is 1.32. The van der Waals surface area contributed by atoms with Gasteiger partial charge >= 0.3 is 0 Å². The third-order valence-electron chi connectivity index (χ3n) is 2.21. The molecule has 88 valence electrons. The zero-order valence-electron chi connectivity index (χ0n) is 9.45. The number of nitrogens with zero attached hydrogens (tertiary/aromatic N) is 1. The molecule has 1 heterocycles. The molecule has 1 amide bonds. The van der Waals surface area contributed by atoms with Crippen LogP contribution in [0.15, 0.2) is 23.6 Å². The highest BCUT2D eigenvalue weighted by Crippen LogP contribution is 2.17. The van der Waals surface area contributed by atoms with E-state index in [1.54, 1.807) is 6.07 Å². The van der Waals surface area contributed by atoms with Gasteiger partial charge in [-0.2, -0.15) is 0 Å². The summed E-state index contributed by atoms with van der Waals surface area (Å²) in [6.45, 7) is 3.64. The molecule has 0 bridgehead atoms. The highest BCUT2D eigenvalue weighted by Gasteiger charge is 2.13. The van der Waals surface area contributed by atoms with Crippen LogP contribution in [0.3, 0.4) is 0 Å². The Kier molecular flexibility index (Phi) is 3.19. The van der Waals surface area contributed by atoms with Gasteiger partial charge in [-0.05, 0) is 26.0 Å². The minimum absolute atomic E-state index is 0.0397. The van der Waals surface area contributed by atoms with Crippen LogP contribution < -0.4 is 5.32 Å². The van der Waals surface area contributed by atoms with Gasteiger partial charge in [-0.15, -0.1) is 11.3 Å². The second-order valence-corrected chi connectivity index (χ2v) is 4.59. The predicted molar refractivity (Wildman–Crippen MR) is 65.9 cm³/mol. The minimum Gasteiger partial charge on any atom is -0.298 e. The van der Waals surface area contributed by atoms with Gasteiger partial charge in [-0.25, -0.2) is 9.37 Å². The van der Waals surface area contributed by atoms with Gasteiger partial charge in [0, 0.05) is 5.38 Å². The Bertz CT molecular complexity index is 565. The summed E-state index contributed by atoms with van der Waals surface area (Å²) in [6.07, 6.45) is 0. The summed E-state index contributed by atoms with van der Waals surface area (Å²) in [5.74, 6) is -0.998. The summed E-state index contributed by atoms with van der Waals surface area (Å²) < 4.78 is 13.5. The van der Waals surface area contributed by atoms with E-state index >= 15 is 0 Å². The Hall–Kier alpha value is -1.75. The van der Waals surface area contributed by atoms with Crippen LogP contribution in [0.25, 0.3) is 0 Å². The monoisotopic (exact) mass is 250 g/mol. The molecule has 5 heteroatoms. The van der Waals surface area contributed by atoms with E-state index in [2.05, 4.69) is 10.3 Å². The largest absolute Gasteiger partial charge is 0.298 e. The van der Waals surface area contributed by atoms with Crippen LogP contribution in [0.2, 0.25) is 0 Å². The van der Waals surface area contributed by atoms with Gasteiger partial charge in [0.15, 0.2) is 5.13 Å². The summed E-state index contributed by atoms with van der Waals surface area (Å²) in [6, 6.07) is 4.43. The van der Waals surface area contributed by atoms with E-state index < -0.39 is 11.7 Å². The lowest BCUT2D eigenvalue weighted by molar-refractivity contribution is 0.102. The summed E-state index contributed by atoms with van der Waals surface area (Å²) in [5, 5.41) is 4.88. The molecule has 17 heavy (non-hydrogen) atoms. The highest BCUT2D eigenvalue weighted by molar-refractivity contribution is 7.13. The van der Waals surface area contributed by atoms with Gasteiger partial charge in [0.1, 0.15) is 5.82 Å². The highest BCUT2D eigenvalue weighted by atomic mass is 32.1. The molecule has 0 saturated heterocycles. The molecule has 1 aromatic carbocycles. The first-order chi connectivity index (χ1) is 8.06. The first-order valence-corrected chi connectivity index (χ1v) is 5.94. The standard InChI is InChI=1S/C12H11FN2OS/c1-7-3-4-10(13)9(5-7)11(16)15-12-14-8(2)6-17-12/h3-6H,1-2H3,(H,14,15,16). The molecule has 0 saturated carbocycles. The Labute approximate surface area is 102 Å². The van der Waals surface area contributed by atoms with Crippen molar-refractivity contribution in [2.24, 2.45) is 0 Å². The first-order valence-electron chi connectivity index (χ1n) is 5.06. The van der Waals surface area contributed by atoms with E-state index in [9.17, 15) is 9.18 Å². The van der Waals surface area contributed by atoms with Crippen LogP contribution in [-0.2, 0) is 0 Å². The van der Waals surface area contributed by atoms with Crippen molar-refractivity contribution in [3.05, 3.63) is 46.2 Å². The molecule has 0 spiro atoms. The maximum absolute atomic E-state index is 13.5. The smallest absolute Gasteiger partial charge is 0.260 e.